The summed E-state index contributed by atoms with van der Waals surface area (Å²) in [6, 6.07) is 26.4. The molecule has 0 aliphatic carbocycles. The van der Waals surface area contributed by atoms with E-state index in [0.717, 1.165) is 27.6 Å². The third kappa shape index (κ3) is 4.03. The maximum atomic E-state index is 13.9. The van der Waals surface area contributed by atoms with E-state index in [1.165, 1.54) is 11.3 Å². The quantitative estimate of drug-likeness (QED) is 0.360. The number of nitrogens with zero attached hydrogens (tertiary/aromatic N) is 2. The number of fused-ring (bicyclic) bond motifs is 2. The van der Waals surface area contributed by atoms with Crippen molar-refractivity contribution in [2.24, 2.45) is 4.99 Å². The summed E-state index contributed by atoms with van der Waals surface area (Å²) in [5.74, 6) is -0.482. The van der Waals surface area contributed by atoms with Crippen molar-refractivity contribution >= 4 is 40.0 Å². The van der Waals surface area contributed by atoms with Gasteiger partial charge in [0.05, 0.1) is 28.5 Å². The zero-order valence-corrected chi connectivity index (χ0v) is 20.9. The number of H-pyrrole nitrogens is 1. The van der Waals surface area contributed by atoms with Crippen molar-refractivity contribution < 1.29 is 9.53 Å². The second-order valence-electron chi connectivity index (χ2n) is 8.63. The van der Waals surface area contributed by atoms with Crippen LogP contribution >= 0.6 is 11.3 Å². The van der Waals surface area contributed by atoms with E-state index in [2.05, 4.69) is 4.98 Å². The zero-order valence-electron chi connectivity index (χ0n) is 20.0. The predicted molar refractivity (Wildman–Crippen MR) is 146 cm³/mol. The van der Waals surface area contributed by atoms with Crippen LogP contribution in [0.15, 0.2) is 106 Å². The number of benzene rings is 3. The van der Waals surface area contributed by atoms with Gasteiger partial charge in [-0.1, -0.05) is 90.2 Å². The van der Waals surface area contributed by atoms with Crippen molar-refractivity contribution in [3.63, 3.8) is 0 Å². The van der Waals surface area contributed by atoms with E-state index < -0.39 is 12.0 Å². The number of esters is 1. The van der Waals surface area contributed by atoms with Gasteiger partial charge >= 0.3 is 5.97 Å². The number of carbonyl (C=O) groups is 1. The topological polar surface area (TPSA) is 76.4 Å². The lowest BCUT2D eigenvalue weighted by Crippen LogP contribution is -2.39. The Kier molecular flexibility index (Phi) is 5.90. The van der Waals surface area contributed by atoms with Crippen LogP contribution in [0.1, 0.15) is 29.7 Å². The molecule has 5 aromatic rings. The molecule has 0 fully saturated rings. The Hall–Kier alpha value is -4.49. The molecule has 1 aliphatic rings. The third-order valence-electron chi connectivity index (χ3n) is 6.40. The molecule has 182 valence electrons. The van der Waals surface area contributed by atoms with Gasteiger partial charge in [-0.15, -0.1) is 0 Å². The SMILES string of the molecule is CCOC(=O)C1=C(c2ccccc2)N=c2s/c(=C/c3c[nH]c4ccccc34)c(=O)n2[C@H]1c1ccccc1. The average molecular weight is 506 g/mol. The van der Waals surface area contributed by atoms with Crippen LogP contribution in [0.3, 0.4) is 0 Å². The first kappa shape index (κ1) is 22.9. The molecule has 0 spiro atoms. The molecule has 1 aliphatic heterocycles. The van der Waals surface area contributed by atoms with Gasteiger partial charge in [-0.05, 0) is 24.6 Å². The molecule has 0 bridgehead atoms. The number of hydrogen-bond donors (Lipinski definition) is 1. The Balaban J connectivity index is 1.65. The van der Waals surface area contributed by atoms with Crippen LogP contribution in [0.25, 0.3) is 22.7 Å². The number of para-hydroxylation sites is 1. The molecule has 3 aromatic carbocycles. The molecule has 0 saturated carbocycles. The van der Waals surface area contributed by atoms with Gasteiger partial charge in [0.1, 0.15) is 0 Å². The summed E-state index contributed by atoms with van der Waals surface area (Å²) in [7, 11) is 0. The lowest BCUT2D eigenvalue weighted by molar-refractivity contribution is -0.138. The number of carbonyl (C=O) groups excluding carboxylic acids is 1. The van der Waals surface area contributed by atoms with E-state index in [-0.39, 0.29) is 12.2 Å². The molecule has 7 heteroatoms. The van der Waals surface area contributed by atoms with Crippen molar-refractivity contribution in [1.82, 2.24) is 9.55 Å². The van der Waals surface area contributed by atoms with Gasteiger partial charge in [0.15, 0.2) is 4.80 Å². The van der Waals surface area contributed by atoms with Gasteiger partial charge in [-0.3, -0.25) is 9.36 Å². The summed E-state index contributed by atoms with van der Waals surface area (Å²) in [6.07, 6.45) is 3.79. The Bertz CT molecular complexity index is 1830. The summed E-state index contributed by atoms with van der Waals surface area (Å²) in [5.41, 5.74) is 4.20. The first-order chi connectivity index (χ1) is 18.2. The van der Waals surface area contributed by atoms with E-state index in [1.54, 1.807) is 11.5 Å². The Morgan fingerprint density at radius 3 is 2.49 bits per heavy atom. The normalized spacial score (nSPS) is 15.5. The first-order valence-corrected chi connectivity index (χ1v) is 12.9. The Labute approximate surface area is 216 Å². The predicted octanol–water partition coefficient (Wildman–Crippen LogP) is 4.42. The molecule has 6 rings (SSSR count). The van der Waals surface area contributed by atoms with E-state index in [4.69, 9.17) is 9.73 Å². The highest BCUT2D eigenvalue weighted by molar-refractivity contribution is 7.07. The fraction of sp³-hybridized carbons (Fsp3) is 0.100. The number of rotatable bonds is 5. The van der Waals surface area contributed by atoms with Crippen LogP contribution in [0.2, 0.25) is 0 Å². The molecule has 3 heterocycles. The number of thiazole rings is 1. The van der Waals surface area contributed by atoms with Crippen molar-refractivity contribution in [3.05, 3.63) is 133 Å². The second-order valence-corrected chi connectivity index (χ2v) is 9.64. The number of hydrogen-bond acceptors (Lipinski definition) is 5. The highest BCUT2D eigenvalue weighted by atomic mass is 32.1. The minimum atomic E-state index is -0.670. The first-order valence-electron chi connectivity index (χ1n) is 12.0. The van der Waals surface area contributed by atoms with Crippen LogP contribution in [0.4, 0.5) is 0 Å². The van der Waals surface area contributed by atoms with Crippen molar-refractivity contribution in [1.29, 1.82) is 0 Å². The summed E-state index contributed by atoms with van der Waals surface area (Å²) >= 11 is 1.32. The molecule has 0 radical (unpaired) electrons. The number of ether oxygens (including phenoxy) is 1. The van der Waals surface area contributed by atoms with Gasteiger partial charge in [0.2, 0.25) is 0 Å². The minimum Gasteiger partial charge on any atom is -0.463 e. The smallest absolute Gasteiger partial charge is 0.338 e. The second kappa shape index (κ2) is 9.52. The van der Waals surface area contributed by atoms with Gasteiger partial charge in [-0.2, -0.15) is 0 Å². The maximum Gasteiger partial charge on any atom is 0.338 e. The van der Waals surface area contributed by atoms with Crippen molar-refractivity contribution in [2.45, 2.75) is 13.0 Å². The maximum absolute atomic E-state index is 13.9. The third-order valence-corrected chi connectivity index (χ3v) is 7.38. The molecule has 37 heavy (non-hydrogen) atoms. The van der Waals surface area contributed by atoms with E-state index in [9.17, 15) is 9.59 Å². The molecule has 2 aromatic heterocycles. The highest BCUT2D eigenvalue weighted by Gasteiger charge is 2.35. The summed E-state index contributed by atoms with van der Waals surface area (Å²) < 4.78 is 7.67. The lowest BCUT2D eigenvalue weighted by Gasteiger charge is -2.25. The van der Waals surface area contributed by atoms with Gasteiger partial charge in [-0.25, -0.2) is 9.79 Å². The van der Waals surface area contributed by atoms with Crippen LogP contribution in [0.5, 0.6) is 0 Å². The van der Waals surface area contributed by atoms with E-state index in [1.807, 2.05) is 97.2 Å². The van der Waals surface area contributed by atoms with Crippen LogP contribution in [-0.4, -0.2) is 22.1 Å². The Morgan fingerprint density at radius 2 is 1.73 bits per heavy atom. The largest absolute Gasteiger partial charge is 0.463 e. The molecular formula is C30H23N3O3S. The average Bonchev–Trinajstić information content (AvgIpc) is 3.49. The number of aromatic nitrogens is 2. The molecule has 1 N–H and O–H groups in total. The van der Waals surface area contributed by atoms with Crippen LogP contribution in [-0.2, 0) is 9.53 Å². The Morgan fingerprint density at radius 1 is 1.03 bits per heavy atom. The fourth-order valence-electron chi connectivity index (χ4n) is 4.75. The standard InChI is InChI=1S/C30H23N3O3S/c1-2-36-29(35)25-26(19-11-5-3-6-12-19)32-30-33(27(25)20-13-7-4-8-14-20)28(34)24(37-30)17-21-18-31-23-16-10-9-15-22(21)23/h3-18,27,31H,2H2,1H3/b24-17+/t27-/m0/s1. The molecular weight excluding hydrogens is 482 g/mol. The molecule has 0 unspecified atom stereocenters. The monoisotopic (exact) mass is 505 g/mol. The molecule has 1 atom stereocenters. The van der Waals surface area contributed by atoms with Crippen molar-refractivity contribution in [3.8, 4) is 0 Å². The fourth-order valence-corrected chi connectivity index (χ4v) is 5.74. The van der Waals surface area contributed by atoms with Crippen LogP contribution < -0.4 is 14.9 Å². The van der Waals surface area contributed by atoms with E-state index >= 15 is 0 Å². The van der Waals surface area contributed by atoms with Gasteiger partial charge < -0.3 is 9.72 Å². The van der Waals surface area contributed by atoms with Gasteiger partial charge in [0.25, 0.3) is 5.56 Å². The highest BCUT2D eigenvalue weighted by Crippen LogP contribution is 2.35. The van der Waals surface area contributed by atoms with E-state index in [0.29, 0.717) is 20.6 Å². The molecule has 0 saturated heterocycles. The molecule has 6 nitrogen and oxygen atoms in total. The lowest BCUT2D eigenvalue weighted by atomic mass is 9.93. The summed E-state index contributed by atoms with van der Waals surface area (Å²) in [6.45, 7) is 1.99. The number of nitrogens with one attached hydrogen (secondary N) is 1. The number of aromatic amines is 1. The van der Waals surface area contributed by atoms with Crippen LogP contribution in [0, 0.1) is 0 Å². The summed E-state index contributed by atoms with van der Waals surface area (Å²) in [4.78, 5) is 36.0. The minimum absolute atomic E-state index is 0.197. The van der Waals surface area contributed by atoms with Crippen molar-refractivity contribution in [2.75, 3.05) is 6.61 Å². The van der Waals surface area contributed by atoms with Gasteiger partial charge in [0, 0.05) is 28.2 Å². The summed E-state index contributed by atoms with van der Waals surface area (Å²) in [5, 5.41) is 1.03. The zero-order chi connectivity index (χ0) is 25.4. The molecule has 0 amide bonds.